The second-order valence-corrected chi connectivity index (χ2v) is 12.3. The molecule has 2 bridgehead atoms. The third-order valence-corrected chi connectivity index (χ3v) is 10.2. The first-order chi connectivity index (χ1) is 17.5. The molecule has 1 aromatic heterocycles. The number of benzene rings is 2. The van der Waals surface area contributed by atoms with Crippen molar-refractivity contribution < 1.29 is 32.2 Å². The van der Waals surface area contributed by atoms with Crippen molar-refractivity contribution in [3.8, 4) is 0 Å². The molecule has 12 heteroatoms. The van der Waals surface area contributed by atoms with E-state index in [0.717, 1.165) is 18.2 Å². The van der Waals surface area contributed by atoms with Crippen molar-refractivity contribution in [2.45, 2.75) is 47.7 Å². The summed E-state index contributed by atoms with van der Waals surface area (Å²) >= 11 is 6.24. The Morgan fingerprint density at radius 3 is 2.54 bits per heavy atom. The Morgan fingerprint density at radius 1 is 1.16 bits per heavy atom. The first-order valence-corrected chi connectivity index (χ1v) is 13.6. The van der Waals surface area contributed by atoms with Crippen LogP contribution in [0.25, 0.3) is 0 Å². The molecule has 0 spiro atoms. The van der Waals surface area contributed by atoms with Crippen LogP contribution in [-0.2, 0) is 16.4 Å². The van der Waals surface area contributed by atoms with E-state index in [1.165, 1.54) is 24.5 Å². The summed E-state index contributed by atoms with van der Waals surface area (Å²) in [6.07, 6.45) is 4.57. The lowest BCUT2D eigenvalue weighted by molar-refractivity contribution is -0.233. The normalized spacial score (nSPS) is 25.8. The van der Waals surface area contributed by atoms with Gasteiger partial charge in [-0.2, -0.15) is 0 Å². The van der Waals surface area contributed by atoms with Crippen molar-refractivity contribution in [1.82, 2.24) is 9.55 Å². The van der Waals surface area contributed by atoms with Gasteiger partial charge >= 0.3 is 0 Å². The second-order valence-electron chi connectivity index (χ2n) is 9.66. The van der Waals surface area contributed by atoms with Crippen LogP contribution in [0.15, 0.2) is 60.0 Å². The number of nitrogens with zero attached hydrogens (tertiary/aromatic N) is 2. The molecule has 3 fully saturated rings. The van der Waals surface area contributed by atoms with E-state index in [1.54, 1.807) is 17.0 Å². The fourth-order valence-corrected chi connectivity index (χ4v) is 7.95. The van der Waals surface area contributed by atoms with E-state index < -0.39 is 56.2 Å². The van der Waals surface area contributed by atoms with E-state index in [2.05, 4.69) is 10.3 Å². The number of anilines is 1. The first kappa shape index (κ1) is 25.8. The van der Waals surface area contributed by atoms with Gasteiger partial charge in [0.2, 0.25) is 0 Å². The number of amides is 1. The highest BCUT2D eigenvalue weighted by atomic mass is 35.5. The van der Waals surface area contributed by atoms with Gasteiger partial charge < -0.3 is 20.1 Å². The number of fused-ring (bicyclic) bond motifs is 2. The Kier molecular flexibility index (Phi) is 6.59. The van der Waals surface area contributed by atoms with Crippen LogP contribution in [0.2, 0.25) is 5.02 Å². The highest BCUT2D eigenvalue weighted by Crippen LogP contribution is 2.57. The van der Waals surface area contributed by atoms with Crippen molar-refractivity contribution in [2.24, 2.45) is 11.8 Å². The number of halogens is 3. The van der Waals surface area contributed by atoms with Crippen LogP contribution in [-0.4, -0.2) is 51.0 Å². The number of aliphatic hydroxyl groups is 2. The molecule has 3 aromatic rings. The van der Waals surface area contributed by atoms with E-state index >= 15 is 0 Å². The molecule has 0 saturated heterocycles. The number of nitrogens with one attached hydrogen (secondary N) is 1. The Labute approximate surface area is 216 Å². The van der Waals surface area contributed by atoms with Crippen LogP contribution in [0.4, 0.5) is 14.5 Å². The summed E-state index contributed by atoms with van der Waals surface area (Å²) in [5, 5.41) is 23.5. The van der Waals surface area contributed by atoms with Crippen molar-refractivity contribution in [2.75, 3.05) is 5.32 Å². The number of hydrogen-bond acceptors (Lipinski definition) is 6. The summed E-state index contributed by atoms with van der Waals surface area (Å²) in [5.74, 6) is -3.75. The van der Waals surface area contributed by atoms with Crippen LogP contribution in [0.1, 0.15) is 29.6 Å². The highest BCUT2D eigenvalue weighted by molar-refractivity contribution is 7.92. The molecule has 1 amide bonds. The number of imidazole rings is 1. The first-order valence-electron chi connectivity index (χ1n) is 11.7. The summed E-state index contributed by atoms with van der Waals surface area (Å²) in [6.45, 7) is 0.141. The molecule has 0 aliphatic heterocycles. The Hall–Kier alpha value is -2.86. The lowest BCUT2D eigenvalue weighted by atomic mass is 9.52. The maximum absolute atomic E-state index is 13.6. The number of rotatable bonds is 7. The van der Waals surface area contributed by atoms with E-state index in [1.807, 2.05) is 0 Å². The minimum absolute atomic E-state index is 0.00385. The molecule has 0 radical (unpaired) electrons. The van der Waals surface area contributed by atoms with Gasteiger partial charge in [0.25, 0.3) is 5.91 Å². The molecule has 3 atom stereocenters. The summed E-state index contributed by atoms with van der Waals surface area (Å²) in [5.41, 5.74) is -1.42. The number of aliphatic hydroxyl groups excluding tert-OH is 1. The zero-order valence-corrected chi connectivity index (χ0v) is 21.0. The van der Waals surface area contributed by atoms with Gasteiger partial charge in [-0.1, -0.05) is 11.6 Å². The van der Waals surface area contributed by atoms with Crippen LogP contribution < -0.4 is 5.32 Å². The van der Waals surface area contributed by atoms with Gasteiger partial charge in [-0.05, 0) is 61.4 Å². The number of hydrogen-bond donors (Lipinski definition) is 3. The van der Waals surface area contributed by atoms with Gasteiger partial charge in [-0.25, -0.2) is 22.2 Å². The van der Waals surface area contributed by atoms with Gasteiger partial charge in [0.05, 0.1) is 33.6 Å². The molecule has 2 aromatic carbocycles. The molecule has 37 heavy (non-hydrogen) atoms. The number of carbonyl (C=O) groups excluding carboxylic acids is 1. The van der Waals surface area contributed by atoms with Crippen molar-refractivity contribution >= 4 is 33.0 Å². The molecule has 3 saturated carbocycles. The van der Waals surface area contributed by atoms with E-state index in [0.29, 0.717) is 6.42 Å². The second kappa shape index (κ2) is 9.46. The zero-order valence-electron chi connectivity index (χ0n) is 19.4. The third-order valence-electron chi connectivity index (χ3n) is 7.56. The van der Waals surface area contributed by atoms with Crippen LogP contribution in [0.3, 0.4) is 0 Å². The number of carbonyl (C=O) groups is 1. The summed E-state index contributed by atoms with van der Waals surface area (Å²) in [6, 6.07) is 6.65. The molecule has 6 rings (SSSR count). The summed E-state index contributed by atoms with van der Waals surface area (Å²) in [4.78, 5) is 16.4. The predicted molar refractivity (Wildman–Crippen MR) is 131 cm³/mol. The average Bonchev–Trinajstić information content (AvgIpc) is 3.38. The number of aromatic nitrogens is 2. The Balaban J connectivity index is 1.33. The van der Waals surface area contributed by atoms with Crippen molar-refractivity contribution in [3.63, 3.8) is 0 Å². The van der Waals surface area contributed by atoms with Crippen molar-refractivity contribution in [1.29, 1.82) is 0 Å². The fraction of sp³-hybridized carbons (Fsp3) is 0.360. The van der Waals surface area contributed by atoms with E-state index in [-0.39, 0.29) is 40.6 Å². The lowest BCUT2D eigenvalue weighted by Gasteiger charge is -2.60. The van der Waals surface area contributed by atoms with Gasteiger partial charge in [0.1, 0.15) is 6.10 Å². The molecule has 196 valence electrons. The molecular weight excluding hydrogens is 528 g/mol. The molecule has 3 unspecified atom stereocenters. The molecular formula is C25H24ClF2N3O5S. The van der Waals surface area contributed by atoms with Crippen LogP contribution in [0, 0.1) is 23.5 Å². The molecule has 3 N–H and O–H groups in total. The van der Waals surface area contributed by atoms with Crippen LogP contribution in [0.5, 0.6) is 0 Å². The largest absolute Gasteiger partial charge is 0.388 e. The molecule has 1 heterocycles. The van der Waals surface area contributed by atoms with Crippen molar-refractivity contribution in [3.05, 3.63) is 77.3 Å². The Morgan fingerprint density at radius 2 is 1.89 bits per heavy atom. The molecule has 8 nitrogen and oxygen atoms in total. The number of sulfone groups is 1. The molecule has 3 aliphatic carbocycles. The van der Waals surface area contributed by atoms with Gasteiger partial charge in [-0.3, -0.25) is 4.79 Å². The average molecular weight is 552 g/mol. The lowest BCUT2D eigenvalue weighted by Crippen LogP contribution is -2.68. The highest BCUT2D eigenvalue weighted by Gasteiger charge is 2.63. The molecule has 3 aliphatic rings. The Bertz CT molecular complexity index is 1440. The smallest absolute Gasteiger partial charge is 0.255 e. The van der Waals surface area contributed by atoms with E-state index in [4.69, 9.17) is 11.6 Å². The van der Waals surface area contributed by atoms with Gasteiger partial charge in [0, 0.05) is 29.7 Å². The van der Waals surface area contributed by atoms with E-state index in [9.17, 15) is 32.2 Å². The quantitative estimate of drug-likeness (QED) is 0.414. The summed E-state index contributed by atoms with van der Waals surface area (Å²) in [7, 11) is -3.99. The third kappa shape index (κ3) is 4.54. The zero-order chi connectivity index (χ0) is 26.5. The topological polar surface area (TPSA) is 122 Å². The predicted octanol–water partition coefficient (Wildman–Crippen LogP) is 3.43. The summed E-state index contributed by atoms with van der Waals surface area (Å²) < 4.78 is 55.4. The minimum Gasteiger partial charge on any atom is -0.388 e. The van der Waals surface area contributed by atoms with Gasteiger partial charge in [0.15, 0.2) is 21.5 Å². The van der Waals surface area contributed by atoms with Crippen LogP contribution >= 0.6 is 11.6 Å². The maximum Gasteiger partial charge on any atom is 0.255 e. The SMILES string of the molecule is O=C(Nc1ccc(F)c(F)c1)c1ccc(Cl)c(S(=O)(=O)[C@H]2CC3CC(C2)[C@@]3(O)C(O)Cn2ccnc2)c1. The maximum atomic E-state index is 13.6. The monoisotopic (exact) mass is 551 g/mol. The standard InChI is InChI=1S/C25H24ClF2N3O5S/c26-19-3-1-14(24(33)30-17-2-4-20(27)21(28)11-17)7-22(19)37(35,36)18-9-15-8-16(10-18)25(15,34)23(32)12-31-6-5-29-13-31/h1-7,11,13,15-16,18,23,32,34H,8-10,12H2,(H,30,33)/t15?,16?,18-,23?,25+. The minimum atomic E-state index is -3.99. The fourth-order valence-electron chi connectivity index (χ4n) is 5.55. The van der Waals surface area contributed by atoms with Gasteiger partial charge in [-0.15, -0.1) is 0 Å².